The van der Waals surface area contributed by atoms with Crippen molar-refractivity contribution in [2.24, 2.45) is 0 Å². The Morgan fingerprint density at radius 2 is 1.39 bits per heavy atom. The van der Waals surface area contributed by atoms with E-state index in [1.807, 2.05) is 24.3 Å². The number of hydrogen-bond acceptors (Lipinski definition) is 2. The molecule has 0 aliphatic carbocycles. The molecule has 2 aromatic rings. The van der Waals surface area contributed by atoms with Crippen LogP contribution in [0.4, 0.5) is 8.78 Å². The monoisotopic (exact) mass is 316 g/mol. The molecule has 0 amide bonds. The summed E-state index contributed by atoms with van der Waals surface area (Å²) in [5.74, 6) is -0.485. The third kappa shape index (κ3) is 3.59. The van der Waals surface area contributed by atoms with Crippen LogP contribution in [0, 0.1) is 11.6 Å². The fourth-order valence-corrected chi connectivity index (χ4v) is 3.28. The quantitative estimate of drug-likeness (QED) is 0.928. The van der Waals surface area contributed by atoms with Gasteiger partial charge in [0.15, 0.2) is 0 Å². The Bertz CT molecular complexity index is 594. The van der Waals surface area contributed by atoms with Crippen LogP contribution in [0.15, 0.2) is 48.5 Å². The van der Waals surface area contributed by atoms with E-state index in [-0.39, 0.29) is 17.7 Å². The van der Waals surface area contributed by atoms with Gasteiger partial charge in [-0.15, -0.1) is 0 Å². The second kappa shape index (κ2) is 6.77. The van der Waals surface area contributed by atoms with Crippen LogP contribution in [0.3, 0.4) is 0 Å². The maximum atomic E-state index is 13.3. The summed E-state index contributed by atoms with van der Waals surface area (Å²) in [6.07, 6.45) is 0. The molecule has 2 aromatic carbocycles. The van der Waals surface area contributed by atoms with E-state index in [1.54, 1.807) is 0 Å². The lowest BCUT2D eigenvalue weighted by Gasteiger charge is -2.43. The first kappa shape index (κ1) is 16.1. The lowest BCUT2D eigenvalue weighted by molar-refractivity contribution is 0.113. The molecule has 1 aliphatic heterocycles. The van der Waals surface area contributed by atoms with Crippen molar-refractivity contribution in [2.75, 3.05) is 13.1 Å². The highest BCUT2D eigenvalue weighted by Crippen LogP contribution is 2.31. The number of nitrogens with one attached hydrogen (secondary N) is 1. The Balaban J connectivity index is 2.01. The third-order valence-corrected chi connectivity index (χ3v) is 4.52. The summed E-state index contributed by atoms with van der Waals surface area (Å²) in [5, 5.41) is 3.48. The van der Waals surface area contributed by atoms with Gasteiger partial charge in [0.1, 0.15) is 11.6 Å². The zero-order valence-electron chi connectivity index (χ0n) is 13.5. The second-order valence-corrected chi connectivity index (χ2v) is 6.36. The molecule has 0 saturated carbocycles. The highest BCUT2D eigenvalue weighted by atomic mass is 19.1. The van der Waals surface area contributed by atoms with Gasteiger partial charge < -0.3 is 5.32 Å². The van der Waals surface area contributed by atoms with Crippen molar-refractivity contribution < 1.29 is 8.78 Å². The zero-order valence-corrected chi connectivity index (χ0v) is 13.5. The second-order valence-electron chi connectivity index (χ2n) is 6.36. The topological polar surface area (TPSA) is 15.3 Å². The summed E-state index contributed by atoms with van der Waals surface area (Å²) >= 11 is 0. The molecule has 0 aromatic heterocycles. The van der Waals surface area contributed by atoms with Gasteiger partial charge in [-0.1, -0.05) is 24.3 Å². The lowest BCUT2D eigenvalue weighted by Crippen LogP contribution is -2.55. The van der Waals surface area contributed by atoms with Gasteiger partial charge in [0.25, 0.3) is 0 Å². The number of rotatable bonds is 3. The van der Waals surface area contributed by atoms with Crippen LogP contribution in [0.2, 0.25) is 0 Å². The maximum Gasteiger partial charge on any atom is 0.123 e. The van der Waals surface area contributed by atoms with Crippen molar-refractivity contribution in [3.05, 3.63) is 71.3 Å². The van der Waals surface area contributed by atoms with E-state index in [2.05, 4.69) is 24.1 Å². The third-order valence-electron chi connectivity index (χ3n) is 4.52. The molecule has 0 radical (unpaired) electrons. The molecule has 2 nitrogen and oxygen atoms in total. The zero-order chi connectivity index (χ0) is 16.4. The van der Waals surface area contributed by atoms with E-state index in [0.29, 0.717) is 12.1 Å². The van der Waals surface area contributed by atoms with Crippen molar-refractivity contribution in [1.82, 2.24) is 10.2 Å². The summed E-state index contributed by atoms with van der Waals surface area (Å²) in [6.45, 7) is 6.13. The summed E-state index contributed by atoms with van der Waals surface area (Å²) in [4.78, 5) is 2.40. The number of hydrogen-bond donors (Lipinski definition) is 1. The Kier molecular flexibility index (Phi) is 4.74. The van der Waals surface area contributed by atoms with Crippen LogP contribution >= 0.6 is 0 Å². The Labute approximate surface area is 136 Å². The molecule has 1 unspecified atom stereocenters. The molecule has 1 fully saturated rings. The van der Waals surface area contributed by atoms with E-state index in [1.165, 1.54) is 24.3 Å². The fraction of sp³-hybridized carbons (Fsp3) is 0.368. The minimum atomic E-state index is -0.242. The van der Waals surface area contributed by atoms with Gasteiger partial charge in [-0.05, 0) is 49.2 Å². The summed E-state index contributed by atoms with van der Waals surface area (Å²) in [5.41, 5.74) is 2.05. The maximum absolute atomic E-state index is 13.3. The van der Waals surface area contributed by atoms with Crippen LogP contribution in [0.5, 0.6) is 0 Å². The molecule has 1 saturated heterocycles. The minimum absolute atomic E-state index is 0.00394. The van der Waals surface area contributed by atoms with Crippen LogP contribution in [0.25, 0.3) is 0 Å². The normalized spacial score (nSPS) is 22.5. The van der Waals surface area contributed by atoms with Crippen molar-refractivity contribution in [3.63, 3.8) is 0 Å². The lowest BCUT2D eigenvalue weighted by atomic mass is 9.94. The molecule has 1 heterocycles. The van der Waals surface area contributed by atoms with E-state index >= 15 is 0 Å². The van der Waals surface area contributed by atoms with E-state index in [4.69, 9.17) is 0 Å². The van der Waals surface area contributed by atoms with Crippen LogP contribution in [-0.4, -0.2) is 30.1 Å². The molecule has 0 bridgehead atoms. The van der Waals surface area contributed by atoms with Crippen molar-refractivity contribution in [1.29, 1.82) is 0 Å². The summed E-state index contributed by atoms with van der Waals surface area (Å²) in [6, 6.07) is 14.0. The Hall–Kier alpha value is -1.78. The molecular formula is C19H22F2N2. The first-order valence-electron chi connectivity index (χ1n) is 8.04. The van der Waals surface area contributed by atoms with Crippen LogP contribution in [0.1, 0.15) is 31.0 Å². The number of nitrogens with zero attached hydrogens (tertiary/aromatic N) is 1. The number of benzene rings is 2. The van der Waals surface area contributed by atoms with Crippen LogP contribution < -0.4 is 5.32 Å². The van der Waals surface area contributed by atoms with Crippen molar-refractivity contribution >= 4 is 0 Å². The van der Waals surface area contributed by atoms with E-state index < -0.39 is 0 Å². The average molecular weight is 316 g/mol. The first-order valence-corrected chi connectivity index (χ1v) is 8.04. The predicted octanol–water partition coefficient (Wildman–Crippen LogP) is 3.74. The number of piperazine rings is 1. The van der Waals surface area contributed by atoms with Gasteiger partial charge in [0.05, 0.1) is 6.04 Å². The molecule has 1 aliphatic rings. The van der Waals surface area contributed by atoms with Gasteiger partial charge in [0, 0.05) is 25.2 Å². The Morgan fingerprint density at radius 1 is 0.913 bits per heavy atom. The van der Waals surface area contributed by atoms with Gasteiger partial charge in [0.2, 0.25) is 0 Å². The average Bonchev–Trinajstić information content (AvgIpc) is 2.54. The molecule has 122 valence electrons. The predicted molar refractivity (Wildman–Crippen MR) is 88.3 cm³/mol. The van der Waals surface area contributed by atoms with Gasteiger partial charge in [-0.2, -0.15) is 0 Å². The molecule has 1 N–H and O–H groups in total. The van der Waals surface area contributed by atoms with Crippen molar-refractivity contribution in [3.8, 4) is 0 Å². The van der Waals surface area contributed by atoms with Gasteiger partial charge in [-0.3, -0.25) is 4.90 Å². The molecule has 3 rings (SSSR count). The molecule has 2 atom stereocenters. The van der Waals surface area contributed by atoms with Crippen LogP contribution in [-0.2, 0) is 0 Å². The minimum Gasteiger partial charge on any atom is -0.311 e. The SMILES string of the molecule is CC1CN(C(c2ccc(F)cc2)c2ccc(F)cc2)[C@H](C)CN1. The first-order chi connectivity index (χ1) is 11.0. The standard InChI is InChI=1S/C19H22F2N2/c1-13-12-23(14(2)11-22-13)19(15-3-7-17(20)8-4-15)16-5-9-18(21)10-6-16/h3-10,13-14,19,22H,11-12H2,1-2H3/t13?,14-/m1/s1. The molecular weight excluding hydrogens is 294 g/mol. The van der Waals surface area contributed by atoms with Gasteiger partial charge >= 0.3 is 0 Å². The Morgan fingerprint density at radius 3 is 1.87 bits per heavy atom. The highest BCUT2D eigenvalue weighted by Gasteiger charge is 2.30. The highest BCUT2D eigenvalue weighted by molar-refractivity contribution is 5.32. The van der Waals surface area contributed by atoms with Gasteiger partial charge in [-0.25, -0.2) is 8.78 Å². The fourth-order valence-electron chi connectivity index (χ4n) is 3.28. The number of halogens is 2. The molecule has 0 spiro atoms. The van der Waals surface area contributed by atoms with E-state index in [9.17, 15) is 8.78 Å². The summed E-state index contributed by atoms with van der Waals surface area (Å²) < 4.78 is 26.6. The smallest absolute Gasteiger partial charge is 0.123 e. The summed E-state index contributed by atoms with van der Waals surface area (Å²) in [7, 11) is 0. The molecule has 4 heteroatoms. The van der Waals surface area contributed by atoms with E-state index in [0.717, 1.165) is 24.2 Å². The molecule has 23 heavy (non-hydrogen) atoms. The van der Waals surface area contributed by atoms with Crippen molar-refractivity contribution in [2.45, 2.75) is 32.0 Å². The largest absolute Gasteiger partial charge is 0.311 e.